The van der Waals surface area contributed by atoms with Crippen LogP contribution >= 0.6 is 11.6 Å². The fraction of sp³-hybridized carbons (Fsp3) is 0.562. The molecule has 1 amide bonds. The largest absolute Gasteiger partial charge is 0.462 e. The number of anilines is 1. The Bertz CT molecular complexity index is 1480. The van der Waals surface area contributed by atoms with Gasteiger partial charge in [0.2, 0.25) is 0 Å². The molecule has 0 radical (unpaired) electrons. The summed E-state index contributed by atoms with van der Waals surface area (Å²) >= 11 is 6.58. The Morgan fingerprint density at radius 3 is 2.73 bits per heavy atom. The molecule has 3 heterocycles. The van der Waals surface area contributed by atoms with Gasteiger partial charge in [0.25, 0.3) is 12.3 Å². The monoisotopic (exact) mass is 628 g/mol. The van der Waals surface area contributed by atoms with Gasteiger partial charge in [-0.3, -0.25) is 9.69 Å². The highest BCUT2D eigenvalue weighted by Gasteiger charge is 2.44. The highest BCUT2D eigenvalue weighted by Crippen LogP contribution is 2.50. The minimum absolute atomic E-state index is 0.0362. The van der Waals surface area contributed by atoms with E-state index < -0.39 is 24.2 Å². The van der Waals surface area contributed by atoms with E-state index in [2.05, 4.69) is 18.7 Å². The summed E-state index contributed by atoms with van der Waals surface area (Å²) in [6.45, 7) is 4.57. The summed E-state index contributed by atoms with van der Waals surface area (Å²) in [5, 5.41) is 10.3. The lowest BCUT2D eigenvalue weighted by Crippen LogP contribution is -2.55. The third-order valence-electron chi connectivity index (χ3n) is 9.83. The second-order valence-electron chi connectivity index (χ2n) is 12.3. The van der Waals surface area contributed by atoms with E-state index >= 15 is 0 Å². The van der Waals surface area contributed by atoms with Gasteiger partial charge < -0.3 is 14.5 Å². The van der Waals surface area contributed by atoms with Crippen molar-refractivity contribution in [1.82, 2.24) is 19.8 Å². The Balaban J connectivity index is 1.32. The molecular formula is C32H36ClF3N6O2. The maximum Gasteiger partial charge on any atom is 0.318 e. The van der Waals surface area contributed by atoms with Crippen molar-refractivity contribution < 1.29 is 22.7 Å². The molecule has 2 fully saturated rings. The van der Waals surface area contributed by atoms with Crippen LogP contribution in [0.25, 0.3) is 0 Å². The number of alkyl halides is 2. The van der Waals surface area contributed by atoms with Gasteiger partial charge in [0, 0.05) is 41.7 Å². The number of rotatable bonds is 8. The third-order valence-corrected chi connectivity index (χ3v) is 10.2. The lowest BCUT2D eigenvalue weighted by molar-refractivity contribution is -0.131. The standard InChI is InChI=1S/C32H36ClF3N6O2/c1-20(34)30(43)42-15-14-41(17-21(42)9-12-37)29-24-8-11-32(10-7-23-25(32)5-2-6-26(23)33)16-27(24)38-31(39-29)44-19-22-4-3-13-40(22)18-28(35)36/h2,5-6,21-22,28H,1,3-4,7-11,13-19H2/t21-,22-,32-/m0/s1. The first-order chi connectivity index (χ1) is 21.2. The van der Waals surface area contributed by atoms with Crippen molar-refractivity contribution in [3.05, 3.63) is 58.0 Å². The molecule has 0 saturated carbocycles. The number of likely N-dealkylation sites (tertiary alicyclic amines) is 1. The Hall–Kier alpha value is -3.36. The van der Waals surface area contributed by atoms with Gasteiger partial charge in [-0.2, -0.15) is 15.2 Å². The molecule has 0 bridgehead atoms. The van der Waals surface area contributed by atoms with Gasteiger partial charge in [-0.15, -0.1) is 0 Å². The van der Waals surface area contributed by atoms with Crippen LogP contribution in [0, 0.1) is 11.3 Å². The summed E-state index contributed by atoms with van der Waals surface area (Å²) in [5.74, 6) is -1.16. The molecule has 12 heteroatoms. The van der Waals surface area contributed by atoms with Gasteiger partial charge in [-0.05, 0) is 68.7 Å². The molecule has 1 aromatic carbocycles. The van der Waals surface area contributed by atoms with Crippen molar-refractivity contribution in [3.8, 4) is 12.1 Å². The minimum atomic E-state index is -2.41. The number of nitrogens with zero attached hydrogens (tertiary/aromatic N) is 6. The molecule has 8 nitrogen and oxygen atoms in total. The number of nitriles is 1. The SMILES string of the molecule is C=C(F)C(=O)N1CCN(c2nc(OC[C@@H]3CCCN3CC(F)F)nc3c2CC[C@@]2(CCc4c(Cl)cccc42)C3)C[C@@H]1CC#N. The number of aromatic nitrogens is 2. The average molecular weight is 629 g/mol. The van der Waals surface area contributed by atoms with Crippen LogP contribution in [0.4, 0.5) is 19.0 Å². The zero-order valence-corrected chi connectivity index (χ0v) is 25.3. The van der Waals surface area contributed by atoms with Crippen molar-refractivity contribution >= 4 is 23.3 Å². The number of piperazine rings is 1. The normalized spacial score (nSPS) is 24.8. The van der Waals surface area contributed by atoms with Crippen molar-refractivity contribution in [2.24, 2.45) is 0 Å². The number of ether oxygens (including phenoxy) is 1. The maximum atomic E-state index is 13.8. The Labute approximate surface area is 260 Å². The lowest BCUT2D eigenvalue weighted by atomic mass is 9.69. The number of carbonyl (C=O) groups is 1. The third kappa shape index (κ3) is 5.86. The minimum Gasteiger partial charge on any atom is -0.462 e. The van der Waals surface area contributed by atoms with Gasteiger partial charge in [0.15, 0.2) is 5.83 Å². The smallest absolute Gasteiger partial charge is 0.318 e. The second-order valence-corrected chi connectivity index (χ2v) is 12.7. The summed E-state index contributed by atoms with van der Waals surface area (Å²) in [6.07, 6.45) is 3.39. The molecule has 2 aromatic rings. The summed E-state index contributed by atoms with van der Waals surface area (Å²) in [4.78, 5) is 27.4. The Morgan fingerprint density at radius 1 is 1.18 bits per heavy atom. The van der Waals surface area contributed by atoms with Gasteiger partial charge in [0.1, 0.15) is 12.4 Å². The molecule has 2 saturated heterocycles. The number of fused-ring (bicyclic) bond motifs is 3. The van der Waals surface area contributed by atoms with Crippen LogP contribution in [-0.2, 0) is 29.5 Å². The van der Waals surface area contributed by atoms with E-state index in [4.69, 9.17) is 26.3 Å². The van der Waals surface area contributed by atoms with Gasteiger partial charge in [0.05, 0.1) is 30.8 Å². The van der Waals surface area contributed by atoms with Crippen LogP contribution in [0.2, 0.25) is 5.02 Å². The van der Waals surface area contributed by atoms with E-state index in [0.29, 0.717) is 31.9 Å². The number of hydrogen-bond donors (Lipinski definition) is 0. The predicted molar refractivity (Wildman–Crippen MR) is 160 cm³/mol. The molecule has 6 rings (SSSR count). The number of carbonyl (C=O) groups excluding carboxylic acids is 1. The van der Waals surface area contributed by atoms with E-state index in [-0.39, 0.29) is 43.6 Å². The van der Waals surface area contributed by atoms with Crippen LogP contribution in [0.5, 0.6) is 6.01 Å². The van der Waals surface area contributed by atoms with Crippen LogP contribution < -0.4 is 9.64 Å². The fourth-order valence-electron chi connectivity index (χ4n) is 7.67. The zero-order chi connectivity index (χ0) is 31.0. The highest BCUT2D eigenvalue weighted by atomic mass is 35.5. The molecule has 4 aliphatic rings. The first-order valence-corrected chi connectivity index (χ1v) is 15.7. The first kappa shape index (κ1) is 30.7. The van der Waals surface area contributed by atoms with E-state index in [9.17, 15) is 23.2 Å². The first-order valence-electron chi connectivity index (χ1n) is 15.3. The molecule has 0 unspecified atom stereocenters. The summed E-state index contributed by atoms with van der Waals surface area (Å²) in [6, 6.07) is 7.73. The molecule has 2 aliphatic heterocycles. The van der Waals surface area contributed by atoms with Gasteiger partial charge >= 0.3 is 6.01 Å². The quantitative estimate of drug-likeness (QED) is 0.379. The van der Waals surface area contributed by atoms with Gasteiger partial charge in [-0.1, -0.05) is 30.3 Å². The van der Waals surface area contributed by atoms with Crippen molar-refractivity contribution in [2.75, 3.05) is 44.2 Å². The molecule has 1 aromatic heterocycles. The Kier molecular flexibility index (Phi) is 8.75. The maximum absolute atomic E-state index is 13.8. The zero-order valence-electron chi connectivity index (χ0n) is 24.6. The Morgan fingerprint density at radius 2 is 1.98 bits per heavy atom. The van der Waals surface area contributed by atoms with Crippen LogP contribution in [0.3, 0.4) is 0 Å². The van der Waals surface area contributed by atoms with E-state index in [1.807, 2.05) is 17.0 Å². The number of amides is 1. The van der Waals surface area contributed by atoms with Crippen LogP contribution in [0.1, 0.15) is 54.5 Å². The molecule has 234 valence electrons. The van der Waals surface area contributed by atoms with Crippen molar-refractivity contribution in [1.29, 1.82) is 5.26 Å². The predicted octanol–water partition coefficient (Wildman–Crippen LogP) is 5.03. The molecular weight excluding hydrogens is 593 g/mol. The summed E-state index contributed by atoms with van der Waals surface area (Å²) in [7, 11) is 0. The number of halogens is 4. The van der Waals surface area contributed by atoms with Crippen molar-refractivity contribution in [3.63, 3.8) is 0 Å². The summed E-state index contributed by atoms with van der Waals surface area (Å²) in [5.41, 5.74) is 4.24. The molecule has 1 spiro atoms. The van der Waals surface area contributed by atoms with Crippen molar-refractivity contribution in [2.45, 2.75) is 75.3 Å². The van der Waals surface area contributed by atoms with Crippen LogP contribution in [-0.4, -0.2) is 83.5 Å². The van der Waals surface area contributed by atoms with Gasteiger partial charge in [-0.25, -0.2) is 13.2 Å². The fourth-order valence-corrected chi connectivity index (χ4v) is 7.94. The highest BCUT2D eigenvalue weighted by molar-refractivity contribution is 6.31. The topological polar surface area (TPSA) is 85.6 Å². The lowest BCUT2D eigenvalue weighted by Gasteiger charge is -2.42. The number of hydrogen-bond acceptors (Lipinski definition) is 7. The molecule has 2 aliphatic carbocycles. The van der Waals surface area contributed by atoms with E-state index in [1.54, 1.807) is 4.90 Å². The molecule has 3 atom stereocenters. The molecule has 0 N–H and O–H groups in total. The molecule has 44 heavy (non-hydrogen) atoms. The number of benzene rings is 1. The second kappa shape index (κ2) is 12.6. The van der Waals surface area contributed by atoms with E-state index in [1.165, 1.54) is 16.0 Å². The average Bonchev–Trinajstić information content (AvgIpc) is 3.59. The summed E-state index contributed by atoms with van der Waals surface area (Å²) < 4.78 is 46.3. The van der Waals surface area contributed by atoms with Crippen LogP contribution in [0.15, 0.2) is 30.6 Å². The van der Waals surface area contributed by atoms with E-state index in [0.717, 1.165) is 54.8 Å².